The van der Waals surface area contributed by atoms with Gasteiger partial charge >= 0.3 is 48.2 Å². The molecule has 2 radical (unpaired) electrons. The van der Waals surface area contributed by atoms with E-state index >= 15 is 0 Å². The standard InChI is InChI=1S/CH4N2.CH4N.HI.Pb/c2-1-3;1-2;;/h1H,(H3,2,3);2H,1H3;1H;/q;-1;;+2/p-1. The van der Waals surface area contributed by atoms with E-state index in [0.717, 1.165) is 6.34 Å². The Morgan fingerprint density at radius 2 is 2.14 bits per heavy atom. The van der Waals surface area contributed by atoms with Crippen LogP contribution in [0.4, 0.5) is 0 Å². The molecule has 0 aliphatic carbocycles. The van der Waals surface area contributed by atoms with Crippen LogP contribution in [0.15, 0.2) is 0 Å². The van der Waals surface area contributed by atoms with E-state index < -0.39 is 0 Å². The normalized spacial score (nSPS) is 6.00. The van der Waals surface area contributed by atoms with E-state index in [1.807, 2.05) is 7.05 Å². The zero-order chi connectivity index (χ0) is 6.12. The van der Waals surface area contributed by atoms with Crippen molar-refractivity contribution in [2.45, 2.75) is 0 Å². The number of halogens is 1. The van der Waals surface area contributed by atoms with Crippen molar-refractivity contribution in [2.24, 2.45) is 5.73 Å². The van der Waals surface area contributed by atoms with Gasteiger partial charge in [0.1, 0.15) is 0 Å². The van der Waals surface area contributed by atoms with Gasteiger partial charge in [-0.25, -0.2) is 0 Å². The molecular weight excluding hydrogens is 400 g/mol. The van der Waals surface area contributed by atoms with E-state index in [0.29, 0.717) is 0 Å². The quantitative estimate of drug-likeness (QED) is 0.242. The molecule has 5 heteroatoms. The molecule has 0 aromatic carbocycles. The maximum atomic E-state index is 5.86. The first-order chi connectivity index (χ1) is 3.33. The van der Waals surface area contributed by atoms with Crippen LogP contribution < -0.4 is 8.86 Å². The minimum atomic E-state index is -0.214. The van der Waals surface area contributed by atoms with E-state index in [4.69, 9.17) is 5.41 Å². The Balaban J connectivity index is 0. The van der Waals surface area contributed by atoms with Crippen LogP contribution in [-0.2, 0) is 0 Å². The number of nitrogens with two attached hydrogens (primary N) is 1. The fourth-order valence-electron chi connectivity index (χ4n) is 0. The summed E-state index contributed by atoms with van der Waals surface area (Å²) in [6, 6.07) is 0. The van der Waals surface area contributed by atoms with Crippen LogP contribution >= 0.6 is 17.8 Å². The van der Waals surface area contributed by atoms with Crippen molar-refractivity contribution in [1.29, 1.82) is 5.41 Å². The van der Waals surface area contributed by atoms with Crippen LogP contribution in [0.1, 0.15) is 0 Å². The fraction of sp³-hybridized carbons (Fsp3) is 0.500. The van der Waals surface area contributed by atoms with Crippen molar-refractivity contribution in [3.8, 4) is 0 Å². The molecular formula is C2H8IN3Pb. The van der Waals surface area contributed by atoms with Crippen LogP contribution in [0, 0.1) is 5.41 Å². The summed E-state index contributed by atoms with van der Waals surface area (Å²) in [4.78, 5) is 0. The average molecular weight is 408 g/mol. The first-order valence-electron chi connectivity index (χ1n) is 1.56. The molecule has 0 fully saturated rings. The van der Waals surface area contributed by atoms with Gasteiger partial charge in [-0.05, 0) is 0 Å². The summed E-state index contributed by atoms with van der Waals surface area (Å²) < 4.78 is 3.11. The molecule has 0 amide bonds. The van der Waals surface area contributed by atoms with Crippen molar-refractivity contribution in [2.75, 3.05) is 7.05 Å². The summed E-state index contributed by atoms with van der Waals surface area (Å²) in [7, 11) is 2.01. The Kier molecular flexibility index (Phi) is 24.6. The van der Waals surface area contributed by atoms with Crippen LogP contribution in [0.2, 0.25) is 0 Å². The van der Waals surface area contributed by atoms with Gasteiger partial charge in [0.05, 0.1) is 6.34 Å². The Morgan fingerprint density at radius 3 is 2.14 bits per heavy atom. The number of nitrogens with one attached hydrogen (secondary N) is 2. The van der Waals surface area contributed by atoms with E-state index in [2.05, 4.69) is 26.6 Å². The van der Waals surface area contributed by atoms with Gasteiger partial charge in [-0.2, -0.15) is 0 Å². The van der Waals surface area contributed by atoms with Gasteiger partial charge in [0, 0.05) is 0 Å². The summed E-state index contributed by atoms with van der Waals surface area (Å²) in [6.45, 7) is 0. The predicted octanol–water partition coefficient (Wildman–Crippen LogP) is -0.273. The third-order valence-electron chi connectivity index (χ3n) is 0.0945. The van der Waals surface area contributed by atoms with Gasteiger partial charge in [-0.15, -0.1) is 0 Å². The predicted molar refractivity (Wildman–Crippen MR) is 41.8 cm³/mol. The minimum absolute atomic E-state index is 0.214. The second-order valence-corrected chi connectivity index (χ2v) is 7.92. The molecule has 0 aromatic heterocycles. The average Bonchev–Trinajstić information content (AvgIpc) is 1.69. The van der Waals surface area contributed by atoms with E-state index in [1.165, 1.54) is 0 Å². The summed E-state index contributed by atoms with van der Waals surface area (Å²) in [5.74, 6) is 0. The first kappa shape index (κ1) is 11.0. The Hall–Kier alpha value is 1.08. The second-order valence-electron chi connectivity index (χ2n) is 0.511. The smallest absolute Gasteiger partial charge is 0.0765 e. The second kappa shape index (κ2) is 15.7. The van der Waals surface area contributed by atoms with E-state index in [-0.39, 0.29) is 20.2 Å². The topological polar surface area (TPSA) is 61.9 Å². The molecule has 42 valence electrons. The van der Waals surface area contributed by atoms with Crippen molar-refractivity contribution >= 4 is 44.3 Å². The molecule has 0 aliphatic rings. The molecule has 0 aliphatic heterocycles. The van der Waals surface area contributed by atoms with Gasteiger partial charge in [0.2, 0.25) is 0 Å². The summed E-state index contributed by atoms with van der Waals surface area (Å²) in [6.07, 6.45) is 0.750. The molecule has 0 aromatic rings. The number of hydrogen-bond acceptors (Lipinski definition) is 2. The number of rotatable bonds is 1. The fourth-order valence-corrected chi connectivity index (χ4v) is 0. The van der Waals surface area contributed by atoms with Crippen LogP contribution in [0.5, 0.6) is 0 Å². The first-order valence-corrected chi connectivity index (χ1v) is 14.4. The van der Waals surface area contributed by atoms with E-state index in [9.17, 15) is 0 Å². The summed E-state index contributed by atoms with van der Waals surface area (Å²) >= 11 is 2.22. The van der Waals surface area contributed by atoms with Crippen molar-refractivity contribution in [3.05, 3.63) is 0 Å². The SMILES string of the molecule is C[NH][Pb][I].N=CN. The Bertz CT molecular complexity index is 32.1. The zero-order valence-electron chi connectivity index (χ0n) is 4.03. The van der Waals surface area contributed by atoms with Crippen LogP contribution in [0.25, 0.3) is 0 Å². The van der Waals surface area contributed by atoms with Gasteiger partial charge < -0.3 is 5.73 Å². The maximum Gasteiger partial charge on any atom is 0.0765 e. The summed E-state index contributed by atoms with van der Waals surface area (Å²) in [5.41, 5.74) is 4.39. The molecule has 0 saturated heterocycles. The maximum absolute atomic E-state index is 5.86. The third kappa shape index (κ3) is 42.2. The van der Waals surface area contributed by atoms with Crippen molar-refractivity contribution < 1.29 is 0 Å². The largest absolute Gasteiger partial charge is 0.390 e. The molecule has 0 rings (SSSR count). The van der Waals surface area contributed by atoms with Gasteiger partial charge in [-0.1, -0.05) is 0 Å². The molecule has 0 atom stereocenters. The molecule has 0 unspecified atom stereocenters. The molecule has 0 spiro atoms. The zero-order valence-corrected chi connectivity index (χ0v) is 10.1. The Labute approximate surface area is 65.0 Å². The molecule has 7 heavy (non-hydrogen) atoms. The minimum Gasteiger partial charge on any atom is -0.390 e. The van der Waals surface area contributed by atoms with Gasteiger partial charge in [0.25, 0.3) is 0 Å². The monoisotopic (exact) mass is 409 g/mol. The number of hydrogen-bond donors (Lipinski definition) is 3. The molecule has 0 bridgehead atoms. The molecule has 4 N–H and O–H groups in total. The van der Waals surface area contributed by atoms with Gasteiger partial charge in [0.15, 0.2) is 0 Å². The van der Waals surface area contributed by atoms with Gasteiger partial charge in [-0.3, -0.25) is 5.41 Å². The molecule has 0 heterocycles. The van der Waals surface area contributed by atoms with E-state index in [1.54, 1.807) is 0 Å². The molecule has 0 saturated carbocycles. The van der Waals surface area contributed by atoms with Crippen LogP contribution in [-0.4, -0.2) is 33.6 Å². The molecule has 3 nitrogen and oxygen atoms in total. The van der Waals surface area contributed by atoms with Crippen LogP contribution in [0.3, 0.4) is 0 Å². The Morgan fingerprint density at radius 1 is 2.00 bits per heavy atom. The summed E-state index contributed by atoms with van der Waals surface area (Å²) in [5, 5.41) is 5.86. The third-order valence-corrected chi connectivity index (χ3v) is 5.56. The van der Waals surface area contributed by atoms with Crippen molar-refractivity contribution in [1.82, 2.24) is 3.13 Å². The van der Waals surface area contributed by atoms with Crippen molar-refractivity contribution in [3.63, 3.8) is 0 Å².